The van der Waals surface area contributed by atoms with Crippen LogP contribution in [-0.4, -0.2) is 22.3 Å². The number of amides is 1. The third-order valence-electron chi connectivity index (χ3n) is 4.29. The Bertz CT molecular complexity index is 974. The first-order valence-electron chi connectivity index (χ1n) is 9.17. The molecule has 0 aliphatic heterocycles. The number of carbonyl (C=O) groups is 1. The molecule has 1 N–H and O–H groups in total. The number of hydrogen-bond donors (Lipinski definition) is 1. The van der Waals surface area contributed by atoms with Crippen molar-refractivity contribution in [3.63, 3.8) is 0 Å². The van der Waals surface area contributed by atoms with Crippen LogP contribution in [-0.2, 0) is 23.9 Å². The number of alkyl halides is 3. The van der Waals surface area contributed by atoms with Crippen LogP contribution in [0, 0.1) is 0 Å². The SMILES string of the molecule is O=C(CCc1ccc(C(F)(F)F)cc1Cl)Nc1ccc(OCCn2cccn2)cc1. The van der Waals surface area contributed by atoms with Crippen molar-refractivity contribution in [3.05, 3.63) is 77.1 Å². The zero-order valence-electron chi connectivity index (χ0n) is 15.8. The van der Waals surface area contributed by atoms with Gasteiger partial charge in [-0.25, -0.2) is 0 Å². The van der Waals surface area contributed by atoms with Gasteiger partial charge in [0, 0.05) is 29.5 Å². The van der Waals surface area contributed by atoms with Crippen molar-refractivity contribution in [2.75, 3.05) is 11.9 Å². The monoisotopic (exact) mass is 437 g/mol. The number of rotatable bonds is 8. The summed E-state index contributed by atoms with van der Waals surface area (Å²) in [5.74, 6) is 0.398. The first kappa shape index (κ1) is 21.7. The molecular formula is C21H19ClF3N3O2. The Balaban J connectivity index is 1.45. The number of carbonyl (C=O) groups excluding carboxylic acids is 1. The molecule has 2 aromatic carbocycles. The summed E-state index contributed by atoms with van der Waals surface area (Å²) in [6, 6.07) is 11.9. The van der Waals surface area contributed by atoms with Crippen molar-refractivity contribution in [3.8, 4) is 5.75 Å². The van der Waals surface area contributed by atoms with Crippen LogP contribution in [0.4, 0.5) is 18.9 Å². The van der Waals surface area contributed by atoms with E-state index < -0.39 is 11.7 Å². The summed E-state index contributed by atoms with van der Waals surface area (Å²) < 4.78 is 45.4. The van der Waals surface area contributed by atoms with E-state index >= 15 is 0 Å². The zero-order chi connectivity index (χ0) is 21.6. The molecule has 1 aromatic heterocycles. The number of nitrogens with zero attached hydrogens (tertiary/aromatic N) is 2. The molecule has 0 aliphatic rings. The van der Waals surface area contributed by atoms with Gasteiger partial charge in [-0.2, -0.15) is 18.3 Å². The van der Waals surface area contributed by atoms with Gasteiger partial charge in [0.2, 0.25) is 5.91 Å². The lowest BCUT2D eigenvalue weighted by Crippen LogP contribution is -2.13. The van der Waals surface area contributed by atoms with E-state index in [1.807, 2.05) is 12.3 Å². The molecule has 0 unspecified atom stereocenters. The summed E-state index contributed by atoms with van der Waals surface area (Å²) in [7, 11) is 0. The van der Waals surface area contributed by atoms with Gasteiger partial charge in [-0.05, 0) is 54.4 Å². The van der Waals surface area contributed by atoms with Crippen LogP contribution in [0.25, 0.3) is 0 Å². The fourth-order valence-electron chi connectivity index (χ4n) is 2.72. The maximum Gasteiger partial charge on any atom is 0.416 e. The molecule has 3 rings (SSSR count). The molecule has 1 amide bonds. The van der Waals surface area contributed by atoms with Crippen LogP contribution in [0.5, 0.6) is 5.75 Å². The summed E-state index contributed by atoms with van der Waals surface area (Å²) in [5.41, 5.74) is 0.270. The topological polar surface area (TPSA) is 56.1 Å². The minimum atomic E-state index is -4.45. The minimum Gasteiger partial charge on any atom is -0.492 e. The molecule has 158 valence electrons. The highest BCUT2D eigenvalue weighted by Gasteiger charge is 2.30. The van der Waals surface area contributed by atoms with Crippen LogP contribution in [0.1, 0.15) is 17.5 Å². The first-order valence-corrected chi connectivity index (χ1v) is 9.55. The normalized spacial score (nSPS) is 11.3. The summed E-state index contributed by atoms with van der Waals surface area (Å²) >= 11 is 5.92. The molecule has 5 nitrogen and oxygen atoms in total. The number of benzene rings is 2. The second-order valence-corrected chi connectivity index (χ2v) is 6.90. The average molecular weight is 438 g/mol. The van der Waals surface area contributed by atoms with Gasteiger partial charge in [0.25, 0.3) is 0 Å². The number of halogens is 4. The van der Waals surface area contributed by atoms with Gasteiger partial charge in [-0.1, -0.05) is 17.7 Å². The van der Waals surface area contributed by atoms with E-state index in [0.717, 1.165) is 12.1 Å². The molecule has 0 radical (unpaired) electrons. The highest BCUT2D eigenvalue weighted by molar-refractivity contribution is 6.31. The molecule has 9 heteroatoms. The van der Waals surface area contributed by atoms with Gasteiger partial charge in [-0.15, -0.1) is 0 Å². The largest absolute Gasteiger partial charge is 0.492 e. The number of nitrogens with one attached hydrogen (secondary N) is 1. The fraction of sp³-hybridized carbons (Fsp3) is 0.238. The molecule has 3 aromatic rings. The van der Waals surface area contributed by atoms with Crippen molar-refractivity contribution < 1.29 is 22.7 Å². The van der Waals surface area contributed by atoms with E-state index in [0.29, 0.717) is 30.2 Å². The predicted molar refractivity (Wildman–Crippen MR) is 108 cm³/mol. The third-order valence-corrected chi connectivity index (χ3v) is 4.64. The van der Waals surface area contributed by atoms with E-state index in [-0.39, 0.29) is 23.8 Å². The maximum atomic E-state index is 12.7. The standard InChI is InChI=1S/C21H19ClF3N3O2/c22-19-14-16(21(23,24)25)4-2-15(19)3-9-20(29)27-17-5-7-18(8-6-17)30-13-12-28-11-1-10-26-28/h1-2,4-8,10-11,14H,3,9,12-13H2,(H,27,29). The number of anilines is 1. The molecule has 0 atom stereocenters. The van der Waals surface area contributed by atoms with Crippen molar-refractivity contribution in [2.24, 2.45) is 0 Å². The van der Waals surface area contributed by atoms with E-state index in [1.165, 1.54) is 6.07 Å². The van der Waals surface area contributed by atoms with Crippen LogP contribution in [0.3, 0.4) is 0 Å². The predicted octanol–water partition coefficient (Wildman–Crippen LogP) is 5.21. The Morgan fingerprint density at radius 2 is 1.93 bits per heavy atom. The molecule has 30 heavy (non-hydrogen) atoms. The summed E-state index contributed by atoms with van der Waals surface area (Å²) in [6.45, 7) is 1.08. The highest BCUT2D eigenvalue weighted by Crippen LogP contribution is 2.32. The van der Waals surface area contributed by atoms with E-state index in [1.54, 1.807) is 35.1 Å². The van der Waals surface area contributed by atoms with Gasteiger partial charge < -0.3 is 10.1 Å². The number of ether oxygens (including phenoxy) is 1. The Morgan fingerprint density at radius 3 is 2.57 bits per heavy atom. The number of aryl methyl sites for hydroxylation is 1. The van der Waals surface area contributed by atoms with Crippen molar-refractivity contribution in [1.29, 1.82) is 0 Å². The van der Waals surface area contributed by atoms with Crippen molar-refractivity contribution >= 4 is 23.2 Å². The van der Waals surface area contributed by atoms with E-state index in [4.69, 9.17) is 16.3 Å². The summed E-state index contributed by atoms with van der Waals surface area (Å²) in [4.78, 5) is 12.1. The fourth-order valence-corrected chi connectivity index (χ4v) is 3.00. The Morgan fingerprint density at radius 1 is 1.17 bits per heavy atom. The molecule has 1 heterocycles. The quantitative estimate of drug-likeness (QED) is 0.526. The molecule has 0 aliphatic carbocycles. The van der Waals surface area contributed by atoms with Gasteiger partial charge in [0.15, 0.2) is 0 Å². The first-order chi connectivity index (χ1) is 14.3. The van der Waals surface area contributed by atoms with Crippen LogP contribution < -0.4 is 10.1 Å². The number of hydrogen-bond acceptors (Lipinski definition) is 3. The molecule has 0 spiro atoms. The smallest absolute Gasteiger partial charge is 0.416 e. The Labute approximate surface area is 176 Å². The summed E-state index contributed by atoms with van der Waals surface area (Å²) in [6.07, 6.45) is -0.581. The van der Waals surface area contributed by atoms with Gasteiger partial charge in [0.1, 0.15) is 12.4 Å². The van der Waals surface area contributed by atoms with Crippen LogP contribution in [0.15, 0.2) is 60.9 Å². The lowest BCUT2D eigenvalue weighted by atomic mass is 10.1. The third kappa shape index (κ3) is 6.25. The second-order valence-electron chi connectivity index (χ2n) is 6.49. The Kier molecular flexibility index (Phi) is 6.99. The summed E-state index contributed by atoms with van der Waals surface area (Å²) in [5, 5.41) is 6.82. The molecular weight excluding hydrogens is 419 g/mol. The lowest BCUT2D eigenvalue weighted by molar-refractivity contribution is -0.137. The van der Waals surface area contributed by atoms with Crippen LogP contribution in [0.2, 0.25) is 5.02 Å². The van der Waals surface area contributed by atoms with Crippen molar-refractivity contribution in [1.82, 2.24) is 9.78 Å². The van der Waals surface area contributed by atoms with Gasteiger partial charge in [-0.3, -0.25) is 9.48 Å². The van der Waals surface area contributed by atoms with E-state index in [9.17, 15) is 18.0 Å². The number of aromatic nitrogens is 2. The molecule has 0 bridgehead atoms. The second kappa shape index (κ2) is 9.67. The molecule has 0 saturated carbocycles. The average Bonchev–Trinajstić information content (AvgIpc) is 3.21. The minimum absolute atomic E-state index is 0.00533. The van der Waals surface area contributed by atoms with Crippen molar-refractivity contribution in [2.45, 2.75) is 25.6 Å². The lowest BCUT2D eigenvalue weighted by Gasteiger charge is -2.11. The van der Waals surface area contributed by atoms with Gasteiger partial charge >= 0.3 is 6.18 Å². The maximum absolute atomic E-state index is 12.7. The van der Waals surface area contributed by atoms with E-state index in [2.05, 4.69) is 10.4 Å². The zero-order valence-corrected chi connectivity index (χ0v) is 16.6. The Hall–Kier alpha value is -3.00. The highest BCUT2D eigenvalue weighted by atomic mass is 35.5. The van der Waals surface area contributed by atoms with Gasteiger partial charge in [0.05, 0.1) is 12.1 Å². The molecule has 0 saturated heterocycles. The van der Waals surface area contributed by atoms with Crippen LogP contribution >= 0.6 is 11.6 Å². The molecule has 0 fully saturated rings.